The van der Waals surface area contributed by atoms with Gasteiger partial charge in [-0.1, -0.05) is 0 Å². The molecule has 0 amide bonds. The molecule has 0 aromatic heterocycles. The smallest absolute Gasteiger partial charge is 0.0593 e. The summed E-state index contributed by atoms with van der Waals surface area (Å²) in [6, 6.07) is 0. The van der Waals surface area contributed by atoms with Crippen LogP contribution in [0.2, 0.25) is 0 Å². The van der Waals surface area contributed by atoms with Crippen molar-refractivity contribution in [3.05, 3.63) is 0 Å². The van der Waals surface area contributed by atoms with Gasteiger partial charge < -0.3 is 14.5 Å². The zero-order valence-electron chi connectivity index (χ0n) is 14.6. The van der Waals surface area contributed by atoms with E-state index in [1.807, 2.05) is 0 Å². The SMILES string of the molecule is CCOCCN1CC[C@@H](CN2CCN(C(C)(C)C)CC2)C1. The third-order valence-electron chi connectivity index (χ3n) is 4.96. The monoisotopic (exact) mass is 297 g/mol. The average molecular weight is 297 g/mol. The summed E-state index contributed by atoms with van der Waals surface area (Å²) in [5, 5.41) is 0. The molecule has 0 radical (unpaired) electrons. The van der Waals surface area contributed by atoms with Gasteiger partial charge in [0.2, 0.25) is 0 Å². The fourth-order valence-corrected chi connectivity index (χ4v) is 3.57. The molecule has 0 bridgehead atoms. The number of ether oxygens (including phenoxy) is 1. The predicted molar refractivity (Wildman–Crippen MR) is 88.8 cm³/mol. The molecule has 0 unspecified atom stereocenters. The molecule has 2 aliphatic heterocycles. The van der Waals surface area contributed by atoms with Gasteiger partial charge in [0.05, 0.1) is 6.61 Å². The Bertz CT molecular complexity index is 295. The summed E-state index contributed by atoms with van der Waals surface area (Å²) < 4.78 is 5.47. The zero-order valence-corrected chi connectivity index (χ0v) is 14.6. The summed E-state index contributed by atoms with van der Waals surface area (Å²) in [6.07, 6.45) is 1.37. The minimum absolute atomic E-state index is 0.329. The summed E-state index contributed by atoms with van der Waals surface area (Å²) in [5.41, 5.74) is 0.329. The Hall–Kier alpha value is -0.160. The molecule has 0 aliphatic carbocycles. The van der Waals surface area contributed by atoms with E-state index in [4.69, 9.17) is 4.74 Å². The summed E-state index contributed by atoms with van der Waals surface area (Å²) in [6.45, 7) is 20.7. The minimum atomic E-state index is 0.329. The molecule has 2 heterocycles. The lowest BCUT2D eigenvalue weighted by Gasteiger charge is -2.42. The van der Waals surface area contributed by atoms with Crippen LogP contribution in [0.4, 0.5) is 0 Å². The van der Waals surface area contributed by atoms with Crippen LogP contribution in [-0.4, -0.2) is 85.8 Å². The van der Waals surface area contributed by atoms with Crippen molar-refractivity contribution in [2.75, 3.05) is 65.6 Å². The molecule has 0 spiro atoms. The number of nitrogens with zero attached hydrogens (tertiary/aromatic N) is 3. The number of piperazine rings is 1. The maximum atomic E-state index is 5.47. The molecule has 0 N–H and O–H groups in total. The molecule has 2 saturated heterocycles. The Balaban J connectivity index is 1.63. The van der Waals surface area contributed by atoms with Crippen molar-refractivity contribution in [3.63, 3.8) is 0 Å². The Morgan fingerprint density at radius 2 is 1.71 bits per heavy atom. The molecule has 2 aliphatic rings. The van der Waals surface area contributed by atoms with Gasteiger partial charge in [0.15, 0.2) is 0 Å². The molecular formula is C17H35N3O. The van der Waals surface area contributed by atoms with E-state index in [9.17, 15) is 0 Å². The molecule has 0 aromatic rings. The topological polar surface area (TPSA) is 19.0 Å². The second-order valence-corrected chi connectivity index (χ2v) is 7.61. The molecule has 4 heteroatoms. The van der Waals surface area contributed by atoms with E-state index in [1.54, 1.807) is 0 Å². The Morgan fingerprint density at radius 3 is 2.33 bits per heavy atom. The van der Waals surface area contributed by atoms with Gasteiger partial charge in [0.1, 0.15) is 0 Å². The van der Waals surface area contributed by atoms with Gasteiger partial charge in [-0.25, -0.2) is 0 Å². The van der Waals surface area contributed by atoms with E-state index < -0.39 is 0 Å². The van der Waals surface area contributed by atoms with Gasteiger partial charge in [-0.05, 0) is 46.6 Å². The van der Waals surface area contributed by atoms with Gasteiger partial charge in [-0.2, -0.15) is 0 Å². The first kappa shape index (κ1) is 17.2. The van der Waals surface area contributed by atoms with Crippen molar-refractivity contribution in [1.82, 2.24) is 14.7 Å². The number of likely N-dealkylation sites (tertiary alicyclic amines) is 1. The first-order valence-electron chi connectivity index (χ1n) is 8.76. The third-order valence-corrected chi connectivity index (χ3v) is 4.96. The Kier molecular flexibility index (Phi) is 6.48. The van der Waals surface area contributed by atoms with E-state index in [0.717, 1.165) is 25.7 Å². The van der Waals surface area contributed by atoms with Gasteiger partial charge >= 0.3 is 0 Å². The lowest BCUT2D eigenvalue weighted by atomic mass is 10.0. The highest BCUT2D eigenvalue weighted by Gasteiger charge is 2.28. The van der Waals surface area contributed by atoms with Crippen LogP contribution in [0.25, 0.3) is 0 Å². The van der Waals surface area contributed by atoms with Crippen LogP contribution >= 0.6 is 0 Å². The standard InChI is InChI=1S/C17H35N3O/c1-5-21-13-12-18-7-6-16(14-18)15-19-8-10-20(11-9-19)17(2,3)4/h16H,5-15H2,1-4H3/t16-/m1/s1. The molecule has 21 heavy (non-hydrogen) atoms. The van der Waals surface area contributed by atoms with Crippen molar-refractivity contribution < 1.29 is 4.74 Å². The summed E-state index contributed by atoms with van der Waals surface area (Å²) in [5.74, 6) is 0.868. The van der Waals surface area contributed by atoms with E-state index >= 15 is 0 Å². The molecule has 0 saturated carbocycles. The van der Waals surface area contributed by atoms with Crippen molar-refractivity contribution in [2.45, 2.75) is 39.7 Å². The molecule has 2 fully saturated rings. The third kappa shape index (κ3) is 5.51. The second-order valence-electron chi connectivity index (χ2n) is 7.61. The van der Waals surface area contributed by atoms with Crippen molar-refractivity contribution in [3.8, 4) is 0 Å². The van der Waals surface area contributed by atoms with Gasteiger partial charge in [0.25, 0.3) is 0 Å². The molecule has 1 atom stereocenters. The van der Waals surface area contributed by atoms with Crippen LogP contribution < -0.4 is 0 Å². The zero-order chi connectivity index (χ0) is 15.3. The minimum Gasteiger partial charge on any atom is -0.380 e. The fourth-order valence-electron chi connectivity index (χ4n) is 3.57. The average Bonchev–Trinajstić information content (AvgIpc) is 2.86. The highest BCUT2D eigenvalue weighted by molar-refractivity contribution is 4.84. The largest absolute Gasteiger partial charge is 0.380 e. The number of rotatable bonds is 6. The lowest BCUT2D eigenvalue weighted by molar-refractivity contribution is 0.0553. The first-order chi connectivity index (χ1) is 9.99. The van der Waals surface area contributed by atoms with E-state index in [2.05, 4.69) is 42.4 Å². The summed E-state index contributed by atoms with van der Waals surface area (Å²) in [7, 11) is 0. The van der Waals surface area contributed by atoms with Crippen molar-refractivity contribution in [1.29, 1.82) is 0 Å². The highest BCUT2D eigenvalue weighted by atomic mass is 16.5. The molecule has 4 nitrogen and oxygen atoms in total. The van der Waals surface area contributed by atoms with Crippen molar-refractivity contribution in [2.24, 2.45) is 5.92 Å². The quantitative estimate of drug-likeness (QED) is 0.695. The van der Waals surface area contributed by atoms with Crippen LogP contribution in [0.5, 0.6) is 0 Å². The van der Waals surface area contributed by atoms with Crippen LogP contribution in [0.3, 0.4) is 0 Å². The first-order valence-corrected chi connectivity index (χ1v) is 8.76. The van der Waals surface area contributed by atoms with Crippen LogP contribution in [0.1, 0.15) is 34.1 Å². The maximum Gasteiger partial charge on any atom is 0.0593 e. The van der Waals surface area contributed by atoms with Gasteiger partial charge in [0, 0.05) is 58.0 Å². The Labute approximate surface area is 131 Å². The van der Waals surface area contributed by atoms with Crippen LogP contribution in [0.15, 0.2) is 0 Å². The number of hydrogen-bond acceptors (Lipinski definition) is 4. The molecular weight excluding hydrogens is 262 g/mol. The molecule has 2 rings (SSSR count). The molecule has 124 valence electrons. The van der Waals surface area contributed by atoms with Gasteiger partial charge in [-0.15, -0.1) is 0 Å². The maximum absolute atomic E-state index is 5.47. The Morgan fingerprint density at radius 1 is 1.00 bits per heavy atom. The summed E-state index contributed by atoms with van der Waals surface area (Å²) >= 11 is 0. The highest BCUT2D eigenvalue weighted by Crippen LogP contribution is 2.20. The normalized spacial score (nSPS) is 26.6. The fraction of sp³-hybridized carbons (Fsp3) is 1.00. The van der Waals surface area contributed by atoms with E-state index in [-0.39, 0.29) is 0 Å². The lowest BCUT2D eigenvalue weighted by Crippen LogP contribution is -2.54. The van der Waals surface area contributed by atoms with Crippen LogP contribution in [-0.2, 0) is 4.74 Å². The van der Waals surface area contributed by atoms with Crippen molar-refractivity contribution >= 4 is 0 Å². The predicted octanol–water partition coefficient (Wildman–Crippen LogP) is 1.76. The second kappa shape index (κ2) is 7.91. The molecule has 0 aromatic carbocycles. The number of hydrogen-bond donors (Lipinski definition) is 0. The summed E-state index contributed by atoms with van der Waals surface area (Å²) in [4.78, 5) is 7.87. The van der Waals surface area contributed by atoms with Gasteiger partial charge in [-0.3, -0.25) is 4.90 Å². The van der Waals surface area contributed by atoms with E-state index in [0.29, 0.717) is 5.54 Å². The van der Waals surface area contributed by atoms with Crippen LogP contribution in [0, 0.1) is 5.92 Å². The van der Waals surface area contributed by atoms with E-state index in [1.165, 1.54) is 52.2 Å².